The van der Waals surface area contributed by atoms with Crippen LogP contribution in [-0.4, -0.2) is 47.9 Å². The maximum atomic E-state index is 12.9. The number of piperidine rings is 1. The van der Waals surface area contributed by atoms with Crippen LogP contribution in [0.2, 0.25) is 0 Å². The molecular weight excluding hydrogens is 346 g/mol. The van der Waals surface area contributed by atoms with E-state index in [0.717, 1.165) is 37.1 Å². The molecule has 4 nitrogen and oxygen atoms in total. The highest BCUT2D eigenvalue weighted by Gasteiger charge is 2.26. The standard InChI is InChI=1S/C24H31N3O/c25-17-23-5-1-2-16-27(23)24(28)22-12-10-21(11-13-22)20-8-6-19(7-9-20)18-26-14-3-4-15-26/h6-13,23H,1-5,14-18,25H2/t23-/m1/s1. The molecule has 0 aromatic heterocycles. The summed E-state index contributed by atoms with van der Waals surface area (Å²) in [4.78, 5) is 17.4. The third-order valence-corrected chi connectivity index (χ3v) is 6.18. The fourth-order valence-electron chi connectivity index (χ4n) is 4.49. The minimum Gasteiger partial charge on any atom is -0.334 e. The fourth-order valence-corrected chi connectivity index (χ4v) is 4.49. The number of amides is 1. The van der Waals surface area contributed by atoms with Crippen LogP contribution >= 0.6 is 0 Å². The van der Waals surface area contributed by atoms with E-state index in [1.54, 1.807) is 0 Å². The molecule has 0 saturated carbocycles. The van der Waals surface area contributed by atoms with Crippen LogP contribution in [0, 0.1) is 0 Å². The number of likely N-dealkylation sites (tertiary alicyclic amines) is 2. The number of nitrogens with two attached hydrogens (primary N) is 1. The van der Waals surface area contributed by atoms with Gasteiger partial charge in [-0.05, 0) is 74.0 Å². The van der Waals surface area contributed by atoms with Crippen molar-refractivity contribution in [1.29, 1.82) is 0 Å². The lowest BCUT2D eigenvalue weighted by atomic mass is 9.99. The first-order valence-electron chi connectivity index (χ1n) is 10.7. The zero-order chi connectivity index (χ0) is 19.3. The van der Waals surface area contributed by atoms with Gasteiger partial charge in [-0.3, -0.25) is 9.69 Å². The Kier molecular flexibility index (Phi) is 6.08. The fraction of sp³-hybridized carbons (Fsp3) is 0.458. The van der Waals surface area contributed by atoms with Crippen molar-refractivity contribution in [2.45, 2.75) is 44.7 Å². The second-order valence-electron chi connectivity index (χ2n) is 8.14. The SMILES string of the molecule is NC[C@H]1CCCCN1C(=O)c1ccc(-c2ccc(CN3CCCC3)cc2)cc1. The quantitative estimate of drug-likeness (QED) is 0.860. The number of hydrogen-bond acceptors (Lipinski definition) is 3. The largest absolute Gasteiger partial charge is 0.334 e. The summed E-state index contributed by atoms with van der Waals surface area (Å²) in [6, 6.07) is 17.1. The Bertz CT molecular complexity index is 779. The van der Waals surface area contributed by atoms with Crippen molar-refractivity contribution in [2.24, 2.45) is 5.73 Å². The van der Waals surface area contributed by atoms with Crippen molar-refractivity contribution in [3.8, 4) is 11.1 Å². The lowest BCUT2D eigenvalue weighted by Gasteiger charge is -2.35. The van der Waals surface area contributed by atoms with E-state index >= 15 is 0 Å². The average molecular weight is 378 g/mol. The molecule has 0 radical (unpaired) electrons. The Morgan fingerprint density at radius 1 is 0.857 bits per heavy atom. The molecule has 2 saturated heterocycles. The molecule has 0 unspecified atom stereocenters. The molecule has 28 heavy (non-hydrogen) atoms. The van der Waals surface area contributed by atoms with Crippen LogP contribution in [0.5, 0.6) is 0 Å². The lowest BCUT2D eigenvalue weighted by molar-refractivity contribution is 0.0623. The number of rotatable bonds is 5. The van der Waals surface area contributed by atoms with Gasteiger partial charge in [0.2, 0.25) is 0 Å². The number of hydrogen-bond donors (Lipinski definition) is 1. The topological polar surface area (TPSA) is 49.6 Å². The van der Waals surface area contributed by atoms with Crippen LogP contribution in [-0.2, 0) is 6.54 Å². The Labute approximate surface area is 168 Å². The van der Waals surface area contributed by atoms with Crippen molar-refractivity contribution in [3.63, 3.8) is 0 Å². The molecule has 148 valence electrons. The minimum atomic E-state index is 0.114. The number of carbonyl (C=O) groups is 1. The van der Waals surface area contributed by atoms with E-state index in [0.29, 0.717) is 6.54 Å². The summed E-state index contributed by atoms with van der Waals surface area (Å²) in [5.41, 5.74) is 10.4. The van der Waals surface area contributed by atoms with E-state index in [9.17, 15) is 4.79 Å². The number of benzene rings is 2. The van der Waals surface area contributed by atoms with Gasteiger partial charge in [0, 0.05) is 31.2 Å². The summed E-state index contributed by atoms with van der Waals surface area (Å²) in [7, 11) is 0. The van der Waals surface area contributed by atoms with Crippen LogP contribution < -0.4 is 5.73 Å². The van der Waals surface area contributed by atoms with Crippen LogP contribution in [0.1, 0.15) is 48.0 Å². The summed E-state index contributed by atoms with van der Waals surface area (Å²) in [5.74, 6) is 0.114. The molecule has 1 atom stereocenters. The molecule has 2 aliphatic heterocycles. The highest BCUT2D eigenvalue weighted by atomic mass is 16.2. The van der Waals surface area contributed by atoms with E-state index in [1.807, 2.05) is 17.0 Å². The first kappa shape index (κ1) is 19.2. The van der Waals surface area contributed by atoms with Gasteiger partial charge in [0.15, 0.2) is 0 Å². The van der Waals surface area contributed by atoms with E-state index < -0.39 is 0 Å². The van der Waals surface area contributed by atoms with Gasteiger partial charge in [0.1, 0.15) is 0 Å². The molecule has 1 amide bonds. The summed E-state index contributed by atoms with van der Waals surface area (Å²) in [6.45, 7) is 4.86. The third kappa shape index (κ3) is 4.29. The van der Waals surface area contributed by atoms with Crippen molar-refractivity contribution in [3.05, 3.63) is 59.7 Å². The molecule has 0 bridgehead atoms. The smallest absolute Gasteiger partial charge is 0.254 e. The predicted octanol–water partition coefficient (Wildman–Crippen LogP) is 3.90. The average Bonchev–Trinajstić information content (AvgIpc) is 3.27. The summed E-state index contributed by atoms with van der Waals surface area (Å²) in [6.07, 6.45) is 5.91. The lowest BCUT2D eigenvalue weighted by Crippen LogP contribution is -2.47. The maximum absolute atomic E-state index is 12.9. The van der Waals surface area contributed by atoms with Crippen molar-refractivity contribution < 1.29 is 4.79 Å². The first-order chi connectivity index (χ1) is 13.7. The Hall–Kier alpha value is -2.17. The van der Waals surface area contributed by atoms with Gasteiger partial charge >= 0.3 is 0 Å². The van der Waals surface area contributed by atoms with E-state index in [1.165, 1.54) is 43.5 Å². The minimum absolute atomic E-state index is 0.114. The van der Waals surface area contributed by atoms with Crippen molar-refractivity contribution in [2.75, 3.05) is 26.2 Å². The predicted molar refractivity (Wildman–Crippen MR) is 114 cm³/mol. The number of carbonyl (C=O) groups excluding carboxylic acids is 1. The first-order valence-corrected chi connectivity index (χ1v) is 10.7. The monoisotopic (exact) mass is 377 g/mol. The van der Waals surface area contributed by atoms with Crippen LogP contribution in [0.15, 0.2) is 48.5 Å². The number of nitrogens with zero attached hydrogens (tertiary/aromatic N) is 2. The van der Waals surface area contributed by atoms with Crippen LogP contribution in [0.4, 0.5) is 0 Å². The highest BCUT2D eigenvalue weighted by Crippen LogP contribution is 2.24. The zero-order valence-electron chi connectivity index (χ0n) is 16.6. The van der Waals surface area contributed by atoms with Crippen molar-refractivity contribution >= 4 is 5.91 Å². The summed E-state index contributed by atoms with van der Waals surface area (Å²) in [5, 5.41) is 0. The summed E-state index contributed by atoms with van der Waals surface area (Å²) < 4.78 is 0. The molecule has 2 aromatic carbocycles. The van der Waals surface area contributed by atoms with E-state index in [4.69, 9.17) is 5.73 Å². The second kappa shape index (κ2) is 8.89. The molecule has 4 heteroatoms. The molecule has 4 rings (SSSR count). The van der Waals surface area contributed by atoms with Crippen molar-refractivity contribution in [1.82, 2.24) is 9.80 Å². The Balaban J connectivity index is 1.43. The van der Waals surface area contributed by atoms with Gasteiger partial charge in [-0.15, -0.1) is 0 Å². The van der Waals surface area contributed by atoms with Gasteiger partial charge in [0.05, 0.1) is 0 Å². The normalized spacial score (nSPS) is 20.5. The zero-order valence-corrected chi connectivity index (χ0v) is 16.6. The van der Waals surface area contributed by atoms with Gasteiger partial charge in [0.25, 0.3) is 5.91 Å². The Morgan fingerprint density at radius 3 is 2.11 bits per heavy atom. The van der Waals surface area contributed by atoms with Gasteiger partial charge < -0.3 is 10.6 Å². The van der Waals surface area contributed by atoms with E-state index in [2.05, 4.69) is 41.3 Å². The van der Waals surface area contributed by atoms with E-state index in [-0.39, 0.29) is 11.9 Å². The molecule has 2 N–H and O–H groups in total. The highest BCUT2D eigenvalue weighted by molar-refractivity contribution is 5.95. The van der Waals surface area contributed by atoms with Gasteiger partial charge in [-0.2, -0.15) is 0 Å². The molecule has 0 aliphatic carbocycles. The van der Waals surface area contributed by atoms with Gasteiger partial charge in [-0.1, -0.05) is 36.4 Å². The third-order valence-electron chi connectivity index (χ3n) is 6.18. The van der Waals surface area contributed by atoms with Gasteiger partial charge in [-0.25, -0.2) is 0 Å². The molecule has 2 aliphatic rings. The maximum Gasteiger partial charge on any atom is 0.254 e. The molecule has 2 fully saturated rings. The second-order valence-corrected chi connectivity index (χ2v) is 8.14. The molecule has 2 aromatic rings. The Morgan fingerprint density at radius 2 is 1.46 bits per heavy atom. The van der Waals surface area contributed by atoms with Crippen LogP contribution in [0.25, 0.3) is 11.1 Å². The molecule has 2 heterocycles. The van der Waals surface area contributed by atoms with Crippen LogP contribution in [0.3, 0.4) is 0 Å². The summed E-state index contributed by atoms with van der Waals surface area (Å²) >= 11 is 0. The molecular formula is C24H31N3O. The molecule has 0 spiro atoms.